The third kappa shape index (κ3) is 5.54. The van der Waals surface area contributed by atoms with Crippen molar-refractivity contribution in [3.05, 3.63) is 24.3 Å². The van der Waals surface area contributed by atoms with Crippen LogP contribution in [0.5, 0.6) is 0 Å². The first-order chi connectivity index (χ1) is 21.8. The van der Waals surface area contributed by atoms with E-state index >= 15 is 0 Å². The van der Waals surface area contributed by atoms with Crippen LogP contribution >= 0.6 is 7.94 Å². The summed E-state index contributed by atoms with van der Waals surface area (Å²) in [5.74, 6) is 0. The topological polar surface area (TPSA) is 49.7 Å². The van der Waals surface area contributed by atoms with Crippen molar-refractivity contribution in [2.45, 2.75) is 190 Å². The fourth-order valence-corrected chi connectivity index (χ4v) is 15.9. The van der Waals surface area contributed by atoms with E-state index in [0.717, 1.165) is 11.0 Å². The van der Waals surface area contributed by atoms with E-state index in [-0.39, 0.29) is 0 Å². The first kappa shape index (κ1) is 30.1. The SMILES string of the molecule is c1ccc2c(c1)nnn2O[P+](N(C1CCCC1)C1CCCC1)(N(C1CCCC1)C1CCCC1)N(C1CCCC1)C1CCCC1. The minimum Gasteiger partial charge on any atom is -0.183 e. The second kappa shape index (κ2) is 13.5. The second-order valence-corrected chi connectivity index (χ2v) is 17.9. The maximum atomic E-state index is 8.15. The zero-order chi connectivity index (χ0) is 29.3. The predicted octanol–water partition coefficient (Wildman–Crippen LogP) is 9.10. The Kier molecular flexibility index (Phi) is 9.20. The maximum absolute atomic E-state index is 8.15. The fourth-order valence-electron chi connectivity index (χ4n) is 10.7. The molecular formula is C36H58N6OP+. The molecule has 0 aliphatic heterocycles. The highest BCUT2D eigenvalue weighted by atomic mass is 31.2. The molecule has 7 nitrogen and oxygen atoms in total. The zero-order valence-corrected chi connectivity index (χ0v) is 28.2. The third-order valence-electron chi connectivity index (χ3n) is 12.6. The molecule has 1 heterocycles. The highest BCUT2D eigenvalue weighted by Crippen LogP contribution is 2.75. The van der Waals surface area contributed by atoms with E-state index in [1.165, 1.54) is 154 Å². The summed E-state index contributed by atoms with van der Waals surface area (Å²) in [6.45, 7) is 0. The molecule has 0 bridgehead atoms. The van der Waals surface area contributed by atoms with Crippen molar-refractivity contribution in [1.29, 1.82) is 0 Å². The molecule has 8 heteroatoms. The van der Waals surface area contributed by atoms with E-state index in [9.17, 15) is 0 Å². The number of fused-ring (bicyclic) bond motifs is 1. The van der Waals surface area contributed by atoms with Gasteiger partial charge in [-0.2, -0.15) is 4.62 Å². The van der Waals surface area contributed by atoms with Gasteiger partial charge in [-0.05, 0) is 99.2 Å². The lowest BCUT2D eigenvalue weighted by Crippen LogP contribution is -2.61. The molecule has 1 aromatic heterocycles. The number of hydrogen-bond acceptors (Lipinski definition) is 6. The first-order valence-corrected chi connectivity index (χ1v) is 20.7. The predicted molar refractivity (Wildman–Crippen MR) is 180 cm³/mol. The quantitative estimate of drug-likeness (QED) is 0.233. The lowest BCUT2D eigenvalue weighted by Gasteiger charge is -2.53. The van der Waals surface area contributed by atoms with Crippen LogP contribution in [0.3, 0.4) is 0 Å². The molecule has 242 valence electrons. The van der Waals surface area contributed by atoms with Crippen LogP contribution in [0.25, 0.3) is 11.0 Å². The summed E-state index contributed by atoms with van der Waals surface area (Å²) in [4.78, 5) is 1.97. The lowest BCUT2D eigenvalue weighted by atomic mass is 10.2. The highest BCUT2D eigenvalue weighted by Gasteiger charge is 2.72. The number of rotatable bonds is 11. The van der Waals surface area contributed by atoms with Crippen LogP contribution in [0.1, 0.15) is 154 Å². The normalized spacial score (nSPS) is 25.9. The molecule has 0 amide bonds. The maximum Gasteiger partial charge on any atom is 0.452 e. The summed E-state index contributed by atoms with van der Waals surface area (Å²) in [5, 5.41) is 9.60. The van der Waals surface area contributed by atoms with E-state index in [4.69, 9.17) is 14.9 Å². The molecule has 6 aliphatic carbocycles. The van der Waals surface area contributed by atoms with Crippen molar-refractivity contribution in [2.24, 2.45) is 0 Å². The Morgan fingerprint density at radius 3 is 1.16 bits per heavy atom. The smallest absolute Gasteiger partial charge is 0.183 e. The summed E-state index contributed by atoms with van der Waals surface area (Å²) in [5.41, 5.74) is 2.01. The van der Waals surface area contributed by atoms with Gasteiger partial charge in [0.05, 0.1) is 36.3 Å². The molecule has 44 heavy (non-hydrogen) atoms. The summed E-state index contributed by atoms with van der Waals surface area (Å²) < 4.78 is 17.8. The Bertz CT molecular complexity index is 1070. The molecule has 0 unspecified atom stereocenters. The third-order valence-corrected chi connectivity index (χ3v) is 16.7. The van der Waals surface area contributed by atoms with Crippen LogP contribution in [0.2, 0.25) is 0 Å². The Labute approximate surface area is 267 Å². The molecule has 0 spiro atoms. The van der Waals surface area contributed by atoms with Crippen molar-refractivity contribution in [3.63, 3.8) is 0 Å². The number of hydrogen-bond donors (Lipinski definition) is 0. The molecule has 1 aromatic carbocycles. The number of nitrogens with zero attached hydrogens (tertiary/aromatic N) is 6. The van der Waals surface area contributed by atoms with Crippen LogP contribution in [0, 0.1) is 0 Å². The molecular weight excluding hydrogens is 563 g/mol. The summed E-state index contributed by atoms with van der Waals surface area (Å²) in [7, 11) is -2.55. The van der Waals surface area contributed by atoms with Crippen LogP contribution in [0.4, 0.5) is 0 Å². The van der Waals surface area contributed by atoms with Crippen molar-refractivity contribution >= 4 is 19.0 Å². The summed E-state index contributed by atoms with van der Waals surface area (Å²) in [6.07, 6.45) is 32.6. The summed E-state index contributed by atoms with van der Waals surface area (Å²) in [6, 6.07) is 12.3. The van der Waals surface area contributed by atoms with Gasteiger partial charge in [0.2, 0.25) is 0 Å². The van der Waals surface area contributed by atoms with E-state index in [0.29, 0.717) is 36.3 Å². The Balaban J connectivity index is 1.39. The Hall–Kier alpha value is -1.27. The van der Waals surface area contributed by atoms with Crippen molar-refractivity contribution < 1.29 is 4.62 Å². The molecule has 0 saturated heterocycles. The van der Waals surface area contributed by atoms with Gasteiger partial charge in [0.15, 0.2) is 0 Å². The minimum atomic E-state index is -2.55. The van der Waals surface area contributed by atoms with Gasteiger partial charge in [0.25, 0.3) is 0 Å². The van der Waals surface area contributed by atoms with Gasteiger partial charge in [-0.15, -0.1) is 19.1 Å². The largest absolute Gasteiger partial charge is 0.452 e. The van der Waals surface area contributed by atoms with Crippen molar-refractivity contribution in [3.8, 4) is 0 Å². The van der Waals surface area contributed by atoms with E-state index < -0.39 is 7.94 Å². The average molecular weight is 622 g/mol. The first-order valence-electron chi connectivity index (χ1n) is 19.1. The standard InChI is InChI=1S/C36H58N6OP/c1-2-16-29(15-1)39(30-17-3-4-18-30)44(43-42-36-28-14-13-27-35(36)37-38-42,40(31-19-5-6-20-31)32-21-7-8-22-32)41(33-23-9-10-24-33)34-25-11-12-26-34/h13-14,27-34H,1-12,15-26H2/q+1. The van der Waals surface area contributed by atoms with Crippen LogP contribution in [-0.4, -0.2) is 65.4 Å². The fraction of sp³-hybridized carbons (Fsp3) is 0.833. The zero-order valence-electron chi connectivity index (χ0n) is 27.3. The van der Waals surface area contributed by atoms with Gasteiger partial charge in [-0.25, -0.2) is 0 Å². The van der Waals surface area contributed by atoms with E-state index in [2.05, 4.69) is 38.3 Å². The minimum absolute atomic E-state index is 0.622. The van der Waals surface area contributed by atoms with Gasteiger partial charge in [0, 0.05) is 0 Å². The van der Waals surface area contributed by atoms with Gasteiger partial charge in [-0.1, -0.05) is 89.2 Å². The molecule has 0 N–H and O–H groups in total. The molecule has 6 saturated carbocycles. The molecule has 0 radical (unpaired) electrons. The van der Waals surface area contributed by atoms with E-state index in [1.54, 1.807) is 0 Å². The van der Waals surface area contributed by atoms with Gasteiger partial charge >= 0.3 is 7.94 Å². The monoisotopic (exact) mass is 621 g/mol. The van der Waals surface area contributed by atoms with Crippen LogP contribution in [0.15, 0.2) is 24.3 Å². The van der Waals surface area contributed by atoms with Crippen LogP contribution in [-0.2, 0) is 0 Å². The molecule has 2 aromatic rings. The van der Waals surface area contributed by atoms with Crippen LogP contribution < -0.4 is 4.62 Å². The number of aromatic nitrogens is 3. The second-order valence-electron chi connectivity index (χ2n) is 15.3. The molecule has 6 aliphatic rings. The molecule has 8 rings (SSSR count). The highest BCUT2D eigenvalue weighted by molar-refractivity contribution is 7.64. The van der Waals surface area contributed by atoms with Crippen molar-refractivity contribution in [1.82, 2.24) is 29.2 Å². The number of para-hydroxylation sites is 1. The molecule has 6 fully saturated rings. The molecule has 0 atom stereocenters. The van der Waals surface area contributed by atoms with Gasteiger partial charge < -0.3 is 0 Å². The lowest BCUT2D eigenvalue weighted by molar-refractivity contribution is 0.0668. The van der Waals surface area contributed by atoms with Gasteiger partial charge in [-0.3, -0.25) is 0 Å². The average Bonchev–Trinajstić information content (AvgIpc) is 3.87. The van der Waals surface area contributed by atoms with Crippen molar-refractivity contribution in [2.75, 3.05) is 0 Å². The Morgan fingerprint density at radius 1 is 0.500 bits per heavy atom. The number of benzene rings is 1. The Morgan fingerprint density at radius 2 is 0.818 bits per heavy atom. The van der Waals surface area contributed by atoms with Gasteiger partial charge in [0.1, 0.15) is 11.0 Å². The summed E-state index contributed by atoms with van der Waals surface area (Å²) >= 11 is 0. The van der Waals surface area contributed by atoms with E-state index in [1.807, 2.05) is 4.85 Å².